The van der Waals surface area contributed by atoms with Gasteiger partial charge in [-0.05, 0) is 30.2 Å². The molecule has 0 atom stereocenters. The molecule has 5 heteroatoms. The third kappa shape index (κ3) is 2.04. The quantitative estimate of drug-likeness (QED) is 0.671. The summed E-state index contributed by atoms with van der Waals surface area (Å²) in [4.78, 5) is 11.5. The summed E-state index contributed by atoms with van der Waals surface area (Å²) < 4.78 is 0. The molecule has 2 aromatic heterocycles. The van der Waals surface area contributed by atoms with E-state index in [-0.39, 0.29) is 6.61 Å². The second kappa shape index (κ2) is 4.70. The molecule has 0 radical (unpaired) electrons. The molecule has 0 aliphatic rings. The van der Waals surface area contributed by atoms with Crippen molar-refractivity contribution in [2.45, 2.75) is 13.5 Å². The Morgan fingerprint density at radius 1 is 1.26 bits per heavy atom. The zero-order chi connectivity index (χ0) is 13.2. The van der Waals surface area contributed by atoms with Gasteiger partial charge >= 0.3 is 0 Å². The van der Waals surface area contributed by atoms with Gasteiger partial charge < -0.3 is 15.4 Å². The standard InChI is InChI=1S/C14H14N4O/c1-9-10(7-19)3-2-4-12(9)18-14-11-5-6-15-13(11)16-8-17-14/h2-6,8,19H,7H2,1H3,(H2,15,16,17,18). The molecular weight excluding hydrogens is 240 g/mol. The van der Waals surface area contributed by atoms with Crippen molar-refractivity contribution in [3.63, 3.8) is 0 Å². The van der Waals surface area contributed by atoms with E-state index in [2.05, 4.69) is 20.3 Å². The molecule has 5 nitrogen and oxygen atoms in total. The van der Waals surface area contributed by atoms with Crippen molar-refractivity contribution >= 4 is 22.5 Å². The van der Waals surface area contributed by atoms with E-state index in [1.807, 2.05) is 37.4 Å². The van der Waals surface area contributed by atoms with E-state index in [0.717, 1.165) is 33.7 Å². The summed E-state index contributed by atoms with van der Waals surface area (Å²) in [6.07, 6.45) is 3.36. The van der Waals surface area contributed by atoms with Crippen LogP contribution in [0.3, 0.4) is 0 Å². The highest BCUT2D eigenvalue weighted by Gasteiger charge is 2.07. The Balaban J connectivity index is 2.04. The molecule has 0 aliphatic carbocycles. The minimum Gasteiger partial charge on any atom is -0.392 e. The molecule has 0 saturated heterocycles. The van der Waals surface area contributed by atoms with Gasteiger partial charge in [0.1, 0.15) is 17.8 Å². The number of nitrogens with one attached hydrogen (secondary N) is 2. The van der Waals surface area contributed by atoms with Gasteiger partial charge in [0.05, 0.1) is 12.0 Å². The van der Waals surface area contributed by atoms with Gasteiger partial charge in [-0.15, -0.1) is 0 Å². The largest absolute Gasteiger partial charge is 0.392 e. The maximum absolute atomic E-state index is 9.29. The molecule has 3 aromatic rings. The minimum atomic E-state index is 0.0324. The van der Waals surface area contributed by atoms with Gasteiger partial charge in [-0.3, -0.25) is 0 Å². The predicted octanol–water partition coefficient (Wildman–Crippen LogP) is 2.50. The average Bonchev–Trinajstić information content (AvgIpc) is 2.90. The summed E-state index contributed by atoms with van der Waals surface area (Å²) in [7, 11) is 0. The van der Waals surface area contributed by atoms with Crippen molar-refractivity contribution in [1.29, 1.82) is 0 Å². The van der Waals surface area contributed by atoms with Crippen LogP contribution in [0.15, 0.2) is 36.8 Å². The van der Waals surface area contributed by atoms with Crippen molar-refractivity contribution in [3.05, 3.63) is 47.9 Å². The number of aromatic amines is 1. The molecular formula is C14H14N4O. The van der Waals surface area contributed by atoms with Crippen molar-refractivity contribution in [2.24, 2.45) is 0 Å². The second-order valence-corrected chi connectivity index (χ2v) is 4.34. The van der Waals surface area contributed by atoms with E-state index in [1.165, 1.54) is 6.33 Å². The minimum absolute atomic E-state index is 0.0324. The van der Waals surface area contributed by atoms with E-state index < -0.39 is 0 Å². The molecule has 0 bridgehead atoms. The topological polar surface area (TPSA) is 73.8 Å². The Morgan fingerprint density at radius 2 is 2.16 bits per heavy atom. The van der Waals surface area contributed by atoms with Crippen LogP contribution in [0.2, 0.25) is 0 Å². The summed E-state index contributed by atoms with van der Waals surface area (Å²) in [5.74, 6) is 0.754. The van der Waals surface area contributed by atoms with Crippen LogP contribution in [0.5, 0.6) is 0 Å². The SMILES string of the molecule is Cc1c(CO)cccc1Nc1ncnc2[nH]ccc12. The number of rotatable bonds is 3. The van der Waals surface area contributed by atoms with Gasteiger partial charge in [-0.25, -0.2) is 9.97 Å². The fourth-order valence-electron chi connectivity index (χ4n) is 2.09. The third-order valence-corrected chi connectivity index (χ3v) is 3.22. The average molecular weight is 254 g/mol. The summed E-state index contributed by atoms with van der Waals surface area (Å²) in [5.41, 5.74) is 3.66. The van der Waals surface area contributed by atoms with Gasteiger partial charge in [-0.2, -0.15) is 0 Å². The van der Waals surface area contributed by atoms with Crippen LogP contribution >= 0.6 is 0 Å². The number of hydrogen-bond donors (Lipinski definition) is 3. The first-order chi connectivity index (χ1) is 9.29. The van der Waals surface area contributed by atoms with Crippen LogP contribution in [-0.2, 0) is 6.61 Å². The van der Waals surface area contributed by atoms with Crippen molar-refractivity contribution in [3.8, 4) is 0 Å². The Bertz CT molecular complexity index is 720. The first kappa shape index (κ1) is 11.7. The van der Waals surface area contributed by atoms with Crippen molar-refractivity contribution in [2.75, 3.05) is 5.32 Å². The molecule has 2 heterocycles. The van der Waals surface area contributed by atoms with Gasteiger partial charge in [0.2, 0.25) is 0 Å². The van der Waals surface area contributed by atoms with E-state index >= 15 is 0 Å². The van der Waals surface area contributed by atoms with Crippen LogP contribution in [-0.4, -0.2) is 20.1 Å². The molecule has 0 fully saturated rings. The van der Waals surface area contributed by atoms with Crippen molar-refractivity contribution < 1.29 is 5.11 Å². The number of benzene rings is 1. The molecule has 19 heavy (non-hydrogen) atoms. The maximum Gasteiger partial charge on any atom is 0.143 e. The number of aromatic nitrogens is 3. The van der Waals surface area contributed by atoms with Gasteiger partial charge in [-0.1, -0.05) is 12.1 Å². The second-order valence-electron chi connectivity index (χ2n) is 4.34. The van der Waals surface area contributed by atoms with Crippen molar-refractivity contribution in [1.82, 2.24) is 15.0 Å². The number of hydrogen-bond acceptors (Lipinski definition) is 4. The lowest BCUT2D eigenvalue weighted by Crippen LogP contribution is -1.99. The summed E-state index contributed by atoms with van der Waals surface area (Å²) in [6.45, 7) is 2.01. The first-order valence-corrected chi connectivity index (χ1v) is 6.04. The fourth-order valence-corrected chi connectivity index (χ4v) is 2.09. The van der Waals surface area contributed by atoms with E-state index in [4.69, 9.17) is 0 Å². The number of nitrogens with zero attached hydrogens (tertiary/aromatic N) is 2. The molecule has 0 amide bonds. The zero-order valence-electron chi connectivity index (χ0n) is 10.5. The highest BCUT2D eigenvalue weighted by atomic mass is 16.3. The summed E-state index contributed by atoms with van der Waals surface area (Å²) >= 11 is 0. The molecule has 0 spiro atoms. The number of anilines is 2. The molecule has 3 rings (SSSR count). The van der Waals surface area contributed by atoms with E-state index in [9.17, 15) is 5.11 Å². The Labute approximate surface area is 110 Å². The Hall–Kier alpha value is -2.40. The number of fused-ring (bicyclic) bond motifs is 1. The number of aliphatic hydroxyl groups excluding tert-OH is 1. The van der Waals surface area contributed by atoms with E-state index in [1.54, 1.807) is 0 Å². The van der Waals surface area contributed by atoms with Gasteiger partial charge in [0.25, 0.3) is 0 Å². The molecule has 0 saturated carbocycles. The smallest absolute Gasteiger partial charge is 0.143 e. The van der Waals surface area contributed by atoms with Crippen LogP contribution in [0, 0.1) is 6.92 Å². The van der Waals surface area contributed by atoms with Gasteiger partial charge in [0.15, 0.2) is 0 Å². The lowest BCUT2D eigenvalue weighted by atomic mass is 10.1. The third-order valence-electron chi connectivity index (χ3n) is 3.22. The normalized spacial score (nSPS) is 10.8. The molecule has 0 unspecified atom stereocenters. The molecule has 1 aromatic carbocycles. The lowest BCUT2D eigenvalue weighted by molar-refractivity contribution is 0.281. The van der Waals surface area contributed by atoms with Crippen LogP contribution in [0.25, 0.3) is 11.0 Å². The highest BCUT2D eigenvalue weighted by Crippen LogP contribution is 2.25. The summed E-state index contributed by atoms with van der Waals surface area (Å²) in [6, 6.07) is 7.72. The summed E-state index contributed by atoms with van der Waals surface area (Å²) in [5, 5.41) is 13.5. The first-order valence-electron chi connectivity index (χ1n) is 6.04. The molecule has 0 aliphatic heterocycles. The predicted molar refractivity (Wildman–Crippen MR) is 74.3 cm³/mol. The lowest BCUT2D eigenvalue weighted by Gasteiger charge is -2.12. The Kier molecular flexibility index (Phi) is 2.89. The monoisotopic (exact) mass is 254 g/mol. The highest BCUT2D eigenvalue weighted by molar-refractivity contribution is 5.89. The fraction of sp³-hybridized carbons (Fsp3) is 0.143. The number of aliphatic hydroxyl groups is 1. The van der Waals surface area contributed by atoms with Gasteiger partial charge in [0, 0.05) is 11.9 Å². The van der Waals surface area contributed by atoms with Crippen LogP contribution < -0.4 is 5.32 Å². The molecule has 3 N–H and O–H groups in total. The Morgan fingerprint density at radius 3 is 3.00 bits per heavy atom. The zero-order valence-corrected chi connectivity index (χ0v) is 10.5. The van der Waals surface area contributed by atoms with E-state index in [0.29, 0.717) is 0 Å². The maximum atomic E-state index is 9.29. The van der Waals surface area contributed by atoms with Crippen LogP contribution in [0.1, 0.15) is 11.1 Å². The number of H-pyrrole nitrogens is 1. The van der Waals surface area contributed by atoms with Crippen LogP contribution in [0.4, 0.5) is 11.5 Å². The molecule has 96 valence electrons.